The molecule has 0 amide bonds. The van der Waals surface area contributed by atoms with Crippen LogP contribution in [0.1, 0.15) is 68.4 Å². The number of hydrogen-bond donors (Lipinski definition) is 0. The van der Waals surface area contributed by atoms with E-state index in [0.29, 0.717) is 5.92 Å². The Morgan fingerprint density at radius 3 is 2.67 bits per heavy atom. The molecule has 1 saturated carbocycles. The van der Waals surface area contributed by atoms with E-state index in [1.807, 2.05) is 11.3 Å². The number of rotatable bonds is 2. The van der Waals surface area contributed by atoms with Crippen LogP contribution < -0.4 is 0 Å². The highest BCUT2D eigenvalue weighted by Gasteiger charge is 2.19. The standard InChI is InChI=1S/C16H21NS/c1-11(2)13-8-9-15-14(10-13)17-16(18-15)12-6-4-3-5-7-12/h8-12H,3-7H2,1-2H3. The van der Waals surface area contributed by atoms with Crippen molar-refractivity contribution in [3.05, 3.63) is 28.8 Å². The molecule has 0 N–H and O–H groups in total. The number of benzene rings is 1. The smallest absolute Gasteiger partial charge is 0.0969 e. The summed E-state index contributed by atoms with van der Waals surface area (Å²) in [5.41, 5.74) is 2.62. The van der Waals surface area contributed by atoms with Gasteiger partial charge in [-0.2, -0.15) is 0 Å². The molecule has 0 aliphatic heterocycles. The molecule has 2 aromatic rings. The third kappa shape index (κ3) is 2.31. The first-order chi connectivity index (χ1) is 8.74. The molecule has 3 rings (SSSR count). The van der Waals surface area contributed by atoms with Crippen LogP contribution in [0.15, 0.2) is 18.2 Å². The van der Waals surface area contributed by atoms with Gasteiger partial charge in [-0.1, -0.05) is 39.2 Å². The molecule has 0 unspecified atom stereocenters. The SMILES string of the molecule is CC(C)c1ccc2sc(C3CCCCC3)nc2c1. The van der Waals surface area contributed by atoms with Crippen molar-refractivity contribution in [2.45, 2.75) is 57.8 Å². The minimum Gasteiger partial charge on any atom is -0.241 e. The minimum atomic E-state index is 0.592. The first-order valence-electron chi connectivity index (χ1n) is 7.14. The fourth-order valence-corrected chi connectivity index (χ4v) is 3.96. The van der Waals surface area contributed by atoms with Gasteiger partial charge in [-0.25, -0.2) is 4.98 Å². The molecule has 1 aromatic heterocycles. The van der Waals surface area contributed by atoms with Crippen LogP contribution in [0.2, 0.25) is 0 Å². The van der Waals surface area contributed by atoms with E-state index in [1.54, 1.807) is 0 Å². The van der Waals surface area contributed by atoms with Gasteiger partial charge in [0, 0.05) is 5.92 Å². The topological polar surface area (TPSA) is 12.9 Å². The van der Waals surface area contributed by atoms with Crippen LogP contribution in [0.3, 0.4) is 0 Å². The summed E-state index contributed by atoms with van der Waals surface area (Å²) in [4.78, 5) is 4.90. The normalized spacial score (nSPS) is 17.7. The maximum atomic E-state index is 4.90. The van der Waals surface area contributed by atoms with E-state index in [9.17, 15) is 0 Å². The zero-order valence-corrected chi connectivity index (χ0v) is 12.1. The molecule has 2 heteroatoms. The number of fused-ring (bicyclic) bond motifs is 1. The predicted octanol–water partition coefficient (Wildman–Crippen LogP) is 5.47. The molecule has 18 heavy (non-hydrogen) atoms. The zero-order valence-electron chi connectivity index (χ0n) is 11.3. The molecule has 0 saturated heterocycles. The summed E-state index contributed by atoms with van der Waals surface area (Å²) in [6, 6.07) is 6.80. The molecule has 1 aliphatic rings. The third-order valence-corrected chi connectivity index (χ3v) is 5.25. The van der Waals surface area contributed by atoms with Crippen LogP contribution in [0.25, 0.3) is 10.2 Å². The molecular weight excluding hydrogens is 238 g/mol. The Hall–Kier alpha value is -0.890. The third-order valence-electron chi connectivity index (χ3n) is 4.05. The molecule has 1 nitrogen and oxygen atoms in total. The van der Waals surface area contributed by atoms with E-state index in [2.05, 4.69) is 32.0 Å². The Balaban J connectivity index is 1.94. The molecule has 0 radical (unpaired) electrons. The minimum absolute atomic E-state index is 0.592. The lowest BCUT2D eigenvalue weighted by Crippen LogP contribution is -2.03. The first kappa shape index (κ1) is 12.2. The van der Waals surface area contributed by atoms with Gasteiger partial charge in [-0.3, -0.25) is 0 Å². The highest BCUT2D eigenvalue weighted by atomic mass is 32.1. The van der Waals surface area contributed by atoms with Crippen molar-refractivity contribution in [2.24, 2.45) is 0 Å². The predicted molar refractivity (Wildman–Crippen MR) is 79.5 cm³/mol. The average molecular weight is 259 g/mol. The lowest BCUT2D eigenvalue weighted by molar-refractivity contribution is 0.443. The molecule has 1 aliphatic carbocycles. The Labute approximate surface area is 113 Å². The van der Waals surface area contributed by atoms with Gasteiger partial charge in [0.25, 0.3) is 0 Å². The molecule has 1 fully saturated rings. The summed E-state index contributed by atoms with van der Waals surface area (Å²) in [6.45, 7) is 4.49. The van der Waals surface area contributed by atoms with Crippen molar-refractivity contribution in [2.75, 3.05) is 0 Å². The van der Waals surface area contributed by atoms with Crippen molar-refractivity contribution in [3.63, 3.8) is 0 Å². The number of nitrogens with zero attached hydrogens (tertiary/aromatic N) is 1. The van der Waals surface area contributed by atoms with E-state index >= 15 is 0 Å². The van der Waals surface area contributed by atoms with Crippen molar-refractivity contribution < 1.29 is 0 Å². The van der Waals surface area contributed by atoms with E-state index in [1.165, 1.54) is 52.9 Å². The summed E-state index contributed by atoms with van der Waals surface area (Å²) in [5, 5.41) is 1.38. The van der Waals surface area contributed by atoms with Gasteiger partial charge < -0.3 is 0 Å². The number of aromatic nitrogens is 1. The van der Waals surface area contributed by atoms with E-state index < -0.39 is 0 Å². The maximum Gasteiger partial charge on any atom is 0.0969 e. The van der Waals surface area contributed by atoms with Gasteiger partial charge in [-0.05, 0) is 36.5 Å². The summed E-state index contributed by atoms with van der Waals surface area (Å²) in [7, 11) is 0. The molecule has 96 valence electrons. The largest absolute Gasteiger partial charge is 0.241 e. The van der Waals surface area contributed by atoms with Crippen LogP contribution in [0.4, 0.5) is 0 Å². The first-order valence-corrected chi connectivity index (χ1v) is 7.96. The molecule has 1 aromatic carbocycles. The van der Waals surface area contributed by atoms with Gasteiger partial charge in [0.2, 0.25) is 0 Å². The fourth-order valence-electron chi connectivity index (χ4n) is 2.85. The van der Waals surface area contributed by atoms with Crippen LogP contribution in [-0.2, 0) is 0 Å². The summed E-state index contributed by atoms with van der Waals surface area (Å²) < 4.78 is 1.36. The fraction of sp³-hybridized carbons (Fsp3) is 0.562. The van der Waals surface area contributed by atoms with Gasteiger partial charge in [0.05, 0.1) is 15.2 Å². The van der Waals surface area contributed by atoms with Crippen LogP contribution in [0.5, 0.6) is 0 Å². The van der Waals surface area contributed by atoms with E-state index in [-0.39, 0.29) is 0 Å². The highest BCUT2D eigenvalue weighted by Crippen LogP contribution is 2.37. The van der Waals surface area contributed by atoms with Crippen molar-refractivity contribution in [1.82, 2.24) is 4.98 Å². The molecule has 0 spiro atoms. The second-order valence-corrected chi connectivity index (χ2v) is 6.83. The molecular formula is C16H21NS. The maximum absolute atomic E-state index is 4.90. The van der Waals surface area contributed by atoms with Crippen molar-refractivity contribution in [1.29, 1.82) is 0 Å². The number of hydrogen-bond acceptors (Lipinski definition) is 2. The Morgan fingerprint density at radius 1 is 1.17 bits per heavy atom. The zero-order chi connectivity index (χ0) is 12.5. The number of thiazole rings is 1. The quantitative estimate of drug-likeness (QED) is 0.697. The highest BCUT2D eigenvalue weighted by molar-refractivity contribution is 7.18. The van der Waals surface area contributed by atoms with E-state index in [4.69, 9.17) is 4.98 Å². The lowest BCUT2D eigenvalue weighted by Gasteiger charge is -2.18. The monoisotopic (exact) mass is 259 g/mol. The van der Waals surface area contributed by atoms with Crippen molar-refractivity contribution in [3.8, 4) is 0 Å². The lowest BCUT2D eigenvalue weighted by atomic mass is 9.90. The van der Waals surface area contributed by atoms with Crippen molar-refractivity contribution >= 4 is 21.6 Å². The summed E-state index contributed by atoms with van der Waals surface area (Å²) >= 11 is 1.91. The van der Waals surface area contributed by atoms with Crippen LogP contribution >= 0.6 is 11.3 Å². The van der Waals surface area contributed by atoms with Gasteiger partial charge in [0.1, 0.15) is 0 Å². The molecule has 0 bridgehead atoms. The average Bonchev–Trinajstić information content (AvgIpc) is 2.82. The van der Waals surface area contributed by atoms with E-state index in [0.717, 1.165) is 5.92 Å². The van der Waals surface area contributed by atoms with Crippen LogP contribution in [0, 0.1) is 0 Å². The van der Waals surface area contributed by atoms with Gasteiger partial charge >= 0.3 is 0 Å². The Morgan fingerprint density at radius 2 is 1.94 bits per heavy atom. The second-order valence-electron chi connectivity index (χ2n) is 5.77. The van der Waals surface area contributed by atoms with Crippen LogP contribution in [-0.4, -0.2) is 4.98 Å². The summed E-state index contributed by atoms with van der Waals surface area (Å²) in [6.07, 6.45) is 6.88. The Kier molecular flexibility index (Phi) is 3.38. The Bertz CT molecular complexity index is 535. The molecule has 0 atom stereocenters. The van der Waals surface area contributed by atoms with Gasteiger partial charge in [0.15, 0.2) is 0 Å². The summed E-state index contributed by atoms with van der Waals surface area (Å²) in [5.74, 6) is 1.33. The molecule has 1 heterocycles. The van der Waals surface area contributed by atoms with Gasteiger partial charge in [-0.15, -0.1) is 11.3 Å². The second kappa shape index (κ2) is 5.00.